The van der Waals surface area contributed by atoms with Gasteiger partial charge in [-0.1, -0.05) is 12.5 Å². The van der Waals surface area contributed by atoms with E-state index in [1.54, 1.807) is 0 Å². The van der Waals surface area contributed by atoms with Crippen LogP contribution >= 0.6 is 24.8 Å². The van der Waals surface area contributed by atoms with E-state index in [2.05, 4.69) is 10.3 Å². The molecule has 2 unspecified atom stereocenters. The standard InChI is InChI=1S/C20H23N3O3.2ClH/c21-15-4-1-3-14(11-15)20(24)23-19-6-2-5-16(22-19)13-7-8-17-18(12-13)26-10-9-25-17;;/h2,5-8,12,14-15H,1,3-4,9-11,21H2,(H,22,23,24);2*1H. The van der Waals surface area contributed by atoms with Crippen molar-refractivity contribution in [3.05, 3.63) is 36.4 Å². The van der Waals surface area contributed by atoms with Crippen LogP contribution in [0, 0.1) is 5.92 Å². The second-order valence-electron chi connectivity index (χ2n) is 6.88. The summed E-state index contributed by atoms with van der Waals surface area (Å²) in [7, 11) is 0. The molecule has 2 aliphatic rings. The molecule has 0 spiro atoms. The number of anilines is 1. The largest absolute Gasteiger partial charge is 0.486 e. The predicted molar refractivity (Wildman–Crippen MR) is 114 cm³/mol. The lowest BCUT2D eigenvalue weighted by molar-refractivity contribution is -0.120. The molecule has 2 aromatic rings. The second kappa shape index (κ2) is 9.96. The Kier molecular flexibility index (Phi) is 7.92. The van der Waals surface area contributed by atoms with E-state index in [0.717, 1.165) is 48.4 Å². The smallest absolute Gasteiger partial charge is 0.228 e. The van der Waals surface area contributed by atoms with Gasteiger partial charge in [-0.25, -0.2) is 4.98 Å². The van der Waals surface area contributed by atoms with Crippen LogP contribution in [0.3, 0.4) is 0 Å². The Labute approximate surface area is 177 Å². The molecule has 1 aliphatic heterocycles. The van der Waals surface area contributed by atoms with Crippen LogP contribution in [0.1, 0.15) is 25.7 Å². The van der Waals surface area contributed by atoms with Gasteiger partial charge in [0.15, 0.2) is 11.5 Å². The number of hydrogen-bond donors (Lipinski definition) is 2. The van der Waals surface area contributed by atoms with Gasteiger partial charge in [0.1, 0.15) is 19.0 Å². The Hall–Kier alpha value is -2.02. The van der Waals surface area contributed by atoms with Crippen LogP contribution in [0.2, 0.25) is 0 Å². The van der Waals surface area contributed by atoms with Crippen molar-refractivity contribution in [1.29, 1.82) is 0 Å². The summed E-state index contributed by atoms with van der Waals surface area (Å²) in [6, 6.07) is 11.5. The van der Waals surface area contributed by atoms with Crippen LogP contribution < -0.4 is 20.5 Å². The number of ether oxygens (including phenoxy) is 2. The first-order valence-electron chi connectivity index (χ1n) is 9.12. The zero-order valence-corrected chi connectivity index (χ0v) is 17.1. The fourth-order valence-electron chi connectivity index (χ4n) is 3.56. The summed E-state index contributed by atoms with van der Waals surface area (Å²) in [5.74, 6) is 2.01. The van der Waals surface area contributed by atoms with Gasteiger partial charge in [0.05, 0.1) is 5.69 Å². The Balaban J connectivity index is 0.00000140. The van der Waals surface area contributed by atoms with Crippen molar-refractivity contribution in [1.82, 2.24) is 4.98 Å². The van der Waals surface area contributed by atoms with E-state index in [0.29, 0.717) is 19.0 Å². The Morgan fingerprint density at radius 2 is 1.86 bits per heavy atom. The molecule has 1 aromatic carbocycles. The van der Waals surface area contributed by atoms with Crippen LogP contribution in [-0.2, 0) is 4.79 Å². The molecule has 0 radical (unpaired) electrons. The molecule has 1 aromatic heterocycles. The summed E-state index contributed by atoms with van der Waals surface area (Å²) in [5.41, 5.74) is 7.69. The zero-order chi connectivity index (χ0) is 17.9. The SMILES string of the molecule is Cl.Cl.NC1CCCC(C(=O)Nc2cccc(-c3ccc4c(c3)OCCO4)n2)C1. The van der Waals surface area contributed by atoms with Crippen LogP contribution in [-0.4, -0.2) is 30.1 Å². The Morgan fingerprint density at radius 3 is 2.64 bits per heavy atom. The normalized spacial score (nSPS) is 20.3. The number of aromatic nitrogens is 1. The minimum Gasteiger partial charge on any atom is -0.486 e. The maximum Gasteiger partial charge on any atom is 0.228 e. The number of fused-ring (bicyclic) bond motifs is 1. The van der Waals surface area contributed by atoms with Gasteiger partial charge >= 0.3 is 0 Å². The molecular weight excluding hydrogens is 401 g/mol. The lowest BCUT2D eigenvalue weighted by Crippen LogP contribution is -2.34. The van der Waals surface area contributed by atoms with Crippen molar-refractivity contribution in [3.8, 4) is 22.8 Å². The number of nitrogens with one attached hydrogen (secondary N) is 1. The molecule has 1 aliphatic carbocycles. The number of pyridine rings is 1. The average molecular weight is 426 g/mol. The van der Waals surface area contributed by atoms with E-state index in [1.165, 1.54) is 0 Å². The summed E-state index contributed by atoms with van der Waals surface area (Å²) in [5, 5.41) is 2.94. The summed E-state index contributed by atoms with van der Waals surface area (Å²) >= 11 is 0. The van der Waals surface area contributed by atoms with Crippen molar-refractivity contribution in [2.45, 2.75) is 31.7 Å². The summed E-state index contributed by atoms with van der Waals surface area (Å²) in [4.78, 5) is 17.1. The quantitative estimate of drug-likeness (QED) is 0.780. The molecule has 8 heteroatoms. The summed E-state index contributed by atoms with van der Waals surface area (Å²) in [6.45, 7) is 1.11. The number of halogens is 2. The highest BCUT2D eigenvalue weighted by Crippen LogP contribution is 2.34. The lowest BCUT2D eigenvalue weighted by atomic mass is 9.85. The van der Waals surface area contributed by atoms with E-state index in [-0.39, 0.29) is 42.7 Å². The van der Waals surface area contributed by atoms with Gasteiger partial charge in [-0.15, -0.1) is 24.8 Å². The fourth-order valence-corrected chi connectivity index (χ4v) is 3.56. The first-order chi connectivity index (χ1) is 12.7. The molecule has 0 saturated heterocycles. The molecule has 2 atom stereocenters. The van der Waals surface area contributed by atoms with E-state index < -0.39 is 0 Å². The van der Waals surface area contributed by atoms with Gasteiger partial charge in [0, 0.05) is 17.5 Å². The minimum absolute atomic E-state index is 0. The maximum atomic E-state index is 12.5. The molecule has 6 nitrogen and oxygen atoms in total. The van der Waals surface area contributed by atoms with Gasteiger partial charge < -0.3 is 20.5 Å². The highest BCUT2D eigenvalue weighted by atomic mass is 35.5. The van der Waals surface area contributed by atoms with Gasteiger partial charge in [-0.2, -0.15) is 0 Å². The molecule has 2 heterocycles. The van der Waals surface area contributed by atoms with Gasteiger partial charge in [0.2, 0.25) is 5.91 Å². The summed E-state index contributed by atoms with van der Waals surface area (Å²) in [6.07, 6.45) is 3.64. The van der Waals surface area contributed by atoms with Crippen molar-refractivity contribution >= 4 is 36.5 Å². The second-order valence-corrected chi connectivity index (χ2v) is 6.88. The number of nitrogens with zero attached hydrogens (tertiary/aromatic N) is 1. The van der Waals surface area contributed by atoms with E-state index in [1.807, 2.05) is 36.4 Å². The molecular formula is C20H25Cl2N3O3. The number of rotatable bonds is 3. The van der Waals surface area contributed by atoms with Crippen LogP contribution in [0.25, 0.3) is 11.3 Å². The van der Waals surface area contributed by atoms with Crippen LogP contribution in [0.5, 0.6) is 11.5 Å². The van der Waals surface area contributed by atoms with Crippen molar-refractivity contribution in [3.63, 3.8) is 0 Å². The maximum absolute atomic E-state index is 12.5. The van der Waals surface area contributed by atoms with E-state index in [9.17, 15) is 4.79 Å². The number of carbonyl (C=O) groups is 1. The van der Waals surface area contributed by atoms with Crippen LogP contribution in [0.15, 0.2) is 36.4 Å². The highest BCUT2D eigenvalue weighted by molar-refractivity contribution is 5.92. The van der Waals surface area contributed by atoms with E-state index >= 15 is 0 Å². The molecule has 4 rings (SSSR count). The first kappa shape index (κ1) is 22.3. The monoisotopic (exact) mass is 425 g/mol. The third-order valence-corrected chi connectivity index (χ3v) is 4.92. The fraction of sp³-hybridized carbons (Fsp3) is 0.400. The van der Waals surface area contributed by atoms with Crippen molar-refractivity contribution in [2.75, 3.05) is 18.5 Å². The molecule has 3 N–H and O–H groups in total. The number of hydrogen-bond acceptors (Lipinski definition) is 5. The van der Waals surface area contributed by atoms with Crippen LogP contribution in [0.4, 0.5) is 5.82 Å². The van der Waals surface area contributed by atoms with Gasteiger partial charge in [0.25, 0.3) is 0 Å². The zero-order valence-electron chi connectivity index (χ0n) is 15.4. The molecule has 0 bridgehead atoms. The third kappa shape index (κ3) is 5.07. The molecule has 152 valence electrons. The van der Waals surface area contributed by atoms with Gasteiger partial charge in [-0.3, -0.25) is 4.79 Å². The average Bonchev–Trinajstić information content (AvgIpc) is 2.68. The topological polar surface area (TPSA) is 86.5 Å². The van der Waals surface area contributed by atoms with Gasteiger partial charge in [-0.05, 0) is 49.6 Å². The van der Waals surface area contributed by atoms with Crippen molar-refractivity contribution < 1.29 is 14.3 Å². The molecule has 1 amide bonds. The Bertz CT molecular complexity index is 819. The predicted octanol–water partition coefficient (Wildman–Crippen LogP) is 3.82. The highest BCUT2D eigenvalue weighted by Gasteiger charge is 2.25. The van der Waals surface area contributed by atoms with Crippen molar-refractivity contribution in [2.24, 2.45) is 11.7 Å². The molecule has 1 saturated carbocycles. The lowest BCUT2D eigenvalue weighted by Gasteiger charge is -2.25. The van der Waals surface area contributed by atoms with E-state index in [4.69, 9.17) is 15.2 Å². The number of carbonyl (C=O) groups excluding carboxylic acids is 1. The Morgan fingerprint density at radius 1 is 1.07 bits per heavy atom. The minimum atomic E-state index is -0.0292. The number of amides is 1. The number of benzene rings is 1. The summed E-state index contributed by atoms with van der Waals surface area (Å²) < 4.78 is 11.2. The third-order valence-electron chi connectivity index (χ3n) is 4.92. The number of nitrogens with two attached hydrogens (primary N) is 1. The molecule has 1 fully saturated rings. The molecule has 28 heavy (non-hydrogen) atoms. The first-order valence-corrected chi connectivity index (χ1v) is 9.12.